The van der Waals surface area contributed by atoms with Crippen LogP contribution in [0.5, 0.6) is 0 Å². The van der Waals surface area contributed by atoms with Crippen molar-refractivity contribution in [2.75, 3.05) is 20.1 Å². The first-order valence-corrected chi connectivity index (χ1v) is 13.6. The van der Waals surface area contributed by atoms with Crippen LogP contribution in [-0.4, -0.2) is 53.5 Å². The highest BCUT2D eigenvalue weighted by molar-refractivity contribution is 5.99. The van der Waals surface area contributed by atoms with Crippen molar-refractivity contribution in [2.24, 2.45) is 17.8 Å². The third-order valence-corrected chi connectivity index (χ3v) is 7.92. The minimum Gasteiger partial charge on any atom is -0.347 e. The maximum Gasteiger partial charge on any atom is 0.268 e. The molecule has 4 rings (SSSR count). The van der Waals surface area contributed by atoms with Gasteiger partial charge in [0.1, 0.15) is 11.7 Å². The number of hydrogen-bond acceptors (Lipinski definition) is 4. The summed E-state index contributed by atoms with van der Waals surface area (Å²) in [7, 11) is 2.17. The van der Waals surface area contributed by atoms with E-state index < -0.39 is 6.04 Å². The van der Waals surface area contributed by atoms with E-state index in [9.17, 15) is 14.9 Å². The number of carbonyl (C=O) groups excluding carboxylic acids is 2. The summed E-state index contributed by atoms with van der Waals surface area (Å²) in [5.74, 6) is 0.336. The van der Waals surface area contributed by atoms with Crippen molar-refractivity contribution in [1.29, 1.82) is 5.26 Å². The van der Waals surface area contributed by atoms with Gasteiger partial charge in [0.05, 0.1) is 12.0 Å². The molecule has 2 N–H and O–H groups in total. The maximum absolute atomic E-state index is 13.7. The Balaban J connectivity index is 1.51. The van der Waals surface area contributed by atoms with Crippen LogP contribution in [0, 0.1) is 29.1 Å². The van der Waals surface area contributed by atoms with Crippen molar-refractivity contribution >= 4 is 22.7 Å². The Morgan fingerprint density at radius 2 is 1.83 bits per heavy atom. The molecule has 2 aliphatic rings. The number of amides is 2. The van der Waals surface area contributed by atoms with Crippen molar-refractivity contribution in [2.45, 2.75) is 77.4 Å². The standard InChI is InChI=1S/C29H41N5O2/c1-20(2)16-23(18-30)31-28(35)24-9-5-6-10-25(24)32-29(36)27-17-22-8-4-7-11-26(22)34(27)19-21-12-14-33(3)15-13-21/h4,7-8,11,17,20-21,23-25H,5-6,9-10,12-16,19H2,1-3H3,(H,31,35)(H,32,36). The van der Waals surface area contributed by atoms with Crippen molar-refractivity contribution < 1.29 is 9.59 Å². The van der Waals surface area contributed by atoms with Crippen LogP contribution < -0.4 is 10.6 Å². The molecule has 2 amide bonds. The Morgan fingerprint density at radius 3 is 2.56 bits per heavy atom. The molecule has 7 nitrogen and oxygen atoms in total. The Bertz CT molecular complexity index is 1090. The lowest BCUT2D eigenvalue weighted by atomic mass is 9.83. The number of hydrogen-bond donors (Lipinski definition) is 2. The molecule has 3 atom stereocenters. The van der Waals surface area contributed by atoms with Gasteiger partial charge in [-0.3, -0.25) is 9.59 Å². The van der Waals surface area contributed by atoms with E-state index in [0.717, 1.165) is 69.1 Å². The second kappa shape index (κ2) is 11.9. The molecule has 1 aliphatic heterocycles. The topological polar surface area (TPSA) is 90.2 Å². The van der Waals surface area contributed by atoms with Crippen molar-refractivity contribution in [1.82, 2.24) is 20.1 Å². The van der Waals surface area contributed by atoms with Crippen LogP contribution >= 0.6 is 0 Å². The number of fused-ring (bicyclic) bond motifs is 1. The fraction of sp³-hybridized carbons (Fsp3) is 0.621. The predicted octanol–water partition coefficient (Wildman–Crippen LogP) is 4.33. The molecular weight excluding hydrogens is 450 g/mol. The number of benzene rings is 1. The minimum absolute atomic E-state index is 0.108. The molecular formula is C29H41N5O2. The van der Waals surface area contributed by atoms with E-state index in [1.54, 1.807) is 0 Å². The molecule has 0 spiro atoms. The summed E-state index contributed by atoms with van der Waals surface area (Å²) in [4.78, 5) is 29.2. The average Bonchev–Trinajstić information content (AvgIpc) is 3.23. The Labute approximate surface area is 215 Å². The highest BCUT2D eigenvalue weighted by Crippen LogP contribution is 2.28. The zero-order valence-electron chi connectivity index (χ0n) is 22.0. The summed E-state index contributed by atoms with van der Waals surface area (Å²) in [5.41, 5.74) is 1.76. The van der Waals surface area contributed by atoms with E-state index >= 15 is 0 Å². The average molecular weight is 492 g/mol. The van der Waals surface area contributed by atoms with Gasteiger partial charge in [0.25, 0.3) is 5.91 Å². The van der Waals surface area contributed by atoms with Crippen LogP contribution in [0.1, 0.15) is 69.3 Å². The largest absolute Gasteiger partial charge is 0.347 e. The van der Waals surface area contributed by atoms with Crippen LogP contribution in [0.3, 0.4) is 0 Å². The van der Waals surface area contributed by atoms with Crippen LogP contribution in [0.25, 0.3) is 10.9 Å². The molecule has 0 bridgehead atoms. The number of aromatic nitrogens is 1. The van der Waals surface area contributed by atoms with Gasteiger partial charge in [-0.2, -0.15) is 5.26 Å². The monoisotopic (exact) mass is 491 g/mol. The normalized spacial score (nSPS) is 22.3. The predicted molar refractivity (Wildman–Crippen MR) is 142 cm³/mol. The molecule has 1 aliphatic carbocycles. The SMILES string of the molecule is CC(C)CC(C#N)NC(=O)C1CCCCC1NC(=O)c1cc2ccccc2n1CC1CCN(C)CC1. The summed E-state index contributed by atoms with van der Waals surface area (Å²) < 4.78 is 2.19. The van der Waals surface area contributed by atoms with Gasteiger partial charge in [-0.15, -0.1) is 0 Å². The van der Waals surface area contributed by atoms with Crippen molar-refractivity contribution in [3.63, 3.8) is 0 Å². The van der Waals surface area contributed by atoms with Crippen LogP contribution in [0.4, 0.5) is 0 Å². The molecule has 36 heavy (non-hydrogen) atoms. The first kappa shape index (κ1) is 26.2. The van der Waals surface area contributed by atoms with Crippen LogP contribution in [-0.2, 0) is 11.3 Å². The molecule has 1 aromatic heterocycles. The molecule has 3 unspecified atom stereocenters. The molecule has 2 aromatic rings. The second-order valence-corrected chi connectivity index (χ2v) is 11.2. The Kier molecular flexibility index (Phi) is 8.68. The Morgan fingerprint density at radius 1 is 1.11 bits per heavy atom. The van der Waals surface area contributed by atoms with E-state index in [-0.39, 0.29) is 23.8 Å². The number of carbonyl (C=O) groups is 2. The summed E-state index contributed by atoms with van der Waals surface area (Å²) >= 11 is 0. The van der Waals surface area contributed by atoms with E-state index in [1.165, 1.54) is 0 Å². The lowest BCUT2D eigenvalue weighted by molar-refractivity contribution is -0.127. The molecule has 7 heteroatoms. The minimum atomic E-state index is -0.493. The van der Waals surface area contributed by atoms with Crippen molar-refractivity contribution in [3.8, 4) is 6.07 Å². The van der Waals surface area contributed by atoms with Gasteiger partial charge in [0.2, 0.25) is 5.91 Å². The molecule has 2 fully saturated rings. The van der Waals surface area contributed by atoms with E-state index in [0.29, 0.717) is 24.0 Å². The molecule has 0 radical (unpaired) electrons. The number of likely N-dealkylation sites (tertiary alicyclic amines) is 1. The highest BCUT2D eigenvalue weighted by Gasteiger charge is 2.34. The molecule has 1 saturated heterocycles. The highest BCUT2D eigenvalue weighted by atomic mass is 16.2. The van der Waals surface area contributed by atoms with Gasteiger partial charge < -0.3 is 20.1 Å². The molecule has 194 valence electrons. The number of nitrogens with zero attached hydrogens (tertiary/aromatic N) is 3. The molecule has 2 heterocycles. The Hall–Kier alpha value is -2.85. The van der Waals surface area contributed by atoms with Crippen molar-refractivity contribution in [3.05, 3.63) is 36.0 Å². The third-order valence-electron chi connectivity index (χ3n) is 7.92. The second-order valence-electron chi connectivity index (χ2n) is 11.2. The quantitative estimate of drug-likeness (QED) is 0.575. The first-order valence-electron chi connectivity index (χ1n) is 13.6. The first-order chi connectivity index (χ1) is 17.4. The lowest BCUT2D eigenvalue weighted by Gasteiger charge is -2.32. The smallest absolute Gasteiger partial charge is 0.268 e. The fourth-order valence-corrected chi connectivity index (χ4v) is 5.85. The van der Waals surface area contributed by atoms with Gasteiger partial charge in [0.15, 0.2) is 0 Å². The van der Waals surface area contributed by atoms with Crippen LogP contribution in [0.15, 0.2) is 30.3 Å². The number of rotatable bonds is 8. The number of nitriles is 1. The molecule has 1 aromatic carbocycles. The van der Waals surface area contributed by atoms with E-state index in [2.05, 4.69) is 45.4 Å². The lowest BCUT2D eigenvalue weighted by Crippen LogP contribution is -2.50. The summed E-state index contributed by atoms with van der Waals surface area (Å²) in [5, 5.41) is 16.7. The third kappa shape index (κ3) is 6.28. The number of para-hydroxylation sites is 1. The summed E-state index contributed by atoms with van der Waals surface area (Å²) in [6, 6.07) is 11.7. The van der Waals surface area contributed by atoms with Crippen LogP contribution in [0.2, 0.25) is 0 Å². The van der Waals surface area contributed by atoms with Gasteiger partial charge in [-0.05, 0) is 76.2 Å². The zero-order valence-corrected chi connectivity index (χ0v) is 22.0. The summed E-state index contributed by atoms with van der Waals surface area (Å²) in [6.07, 6.45) is 6.35. The summed E-state index contributed by atoms with van der Waals surface area (Å²) in [6.45, 7) is 7.10. The number of piperidine rings is 1. The van der Waals surface area contributed by atoms with Gasteiger partial charge in [0, 0.05) is 23.5 Å². The number of nitrogens with one attached hydrogen (secondary N) is 2. The maximum atomic E-state index is 13.7. The van der Waals surface area contributed by atoms with Gasteiger partial charge in [-0.25, -0.2) is 0 Å². The van der Waals surface area contributed by atoms with Gasteiger partial charge in [-0.1, -0.05) is 44.9 Å². The fourth-order valence-electron chi connectivity index (χ4n) is 5.85. The molecule has 1 saturated carbocycles. The zero-order chi connectivity index (χ0) is 25.7. The van der Waals surface area contributed by atoms with E-state index in [4.69, 9.17) is 0 Å². The van der Waals surface area contributed by atoms with E-state index in [1.807, 2.05) is 32.0 Å². The van der Waals surface area contributed by atoms with Gasteiger partial charge >= 0.3 is 0 Å².